The van der Waals surface area contributed by atoms with Crippen LogP contribution in [0.5, 0.6) is 0 Å². The normalized spacial score (nSPS) is 24.8. The monoisotopic (exact) mass is 224 g/mol. The van der Waals surface area contributed by atoms with Crippen LogP contribution < -0.4 is 0 Å². The minimum Gasteiger partial charge on any atom is -0.0651 e. The highest BCUT2D eigenvalue weighted by Gasteiger charge is 2.27. The van der Waals surface area contributed by atoms with Crippen molar-refractivity contribution in [2.75, 3.05) is 0 Å². The zero-order chi connectivity index (χ0) is 12.0. The van der Waals surface area contributed by atoms with Gasteiger partial charge in [0.15, 0.2) is 0 Å². The van der Waals surface area contributed by atoms with Crippen LogP contribution in [0.2, 0.25) is 0 Å². The molecular weight excluding hydrogens is 192 g/mol. The summed E-state index contributed by atoms with van der Waals surface area (Å²) in [6.45, 7) is 9.75. The van der Waals surface area contributed by atoms with Gasteiger partial charge in [-0.15, -0.1) is 0 Å². The average Bonchev–Trinajstić information content (AvgIpc) is 2.42. The largest absolute Gasteiger partial charge is 0.0651 e. The lowest BCUT2D eigenvalue weighted by molar-refractivity contribution is 0.198. The van der Waals surface area contributed by atoms with Crippen molar-refractivity contribution in [3.8, 4) is 0 Å². The van der Waals surface area contributed by atoms with Gasteiger partial charge in [-0.1, -0.05) is 59.8 Å². The fourth-order valence-electron chi connectivity index (χ4n) is 3.56. The molecule has 2 atom stereocenters. The number of rotatable bonds is 5. The maximum absolute atomic E-state index is 2.55. The Morgan fingerprint density at radius 1 is 0.938 bits per heavy atom. The van der Waals surface area contributed by atoms with Gasteiger partial charge in [-0.25, -0.2) is 0 Å². The van der Waals surface area contributed by atoms with Crippen molar-refractivity contribution in [1.82, 2.24) is 0 Å². The first-order valence-electron chi connectivity index (χ1n) is 7.56. The van der Waals surface area contributed by atoms with Crippen LogP contribution in [-0.4, -0.2) is 0 Å². The van der Waals surface area contributed by atoms with Crippen molar-refractivity contribution in [2.45, 2.75) is 85.5 Å². The van der Waals surface area contributed by atoms with E-state index in [0.29, 0.717) is 5.41 Å². The smallest absolute Gasteiger partial charge is 0.0323 e. The van der Waals surface area contributed by atoms with E-state index in [4.69, 9.17) is 0 Å². The molecule has 0 saturated heterocycles. The van der Waals surface area contributed by atoms with Crippen LogP contribution in [-0.2, 0) is 0 Å². The second kappa shape index (κ2) is 6.67. The van der Waals surface area contributed by atoms with Gasteiger partial charge in [0, 0.05) is 0 Å². The highest BCUT2D eigenvalue weighted by Crippen LogP contribution is 2.41. The predicted octanol–water partition coefficient (Wildman–Crippen LogP) is 5.81. The van der Waals surface area contributed by atoms with Gasteiger partial charge in [0.2, 0.25) is 0 Å². The Morgan fingerprint density at radius 3 is 2.00 bits per heavy atom. The molecule has 0 spiro atoms. The Bertz CT molecular complexity index is 174. The van der Waals surface area contributed by atoms with E-state index in [0.717, 1.165) is 11.8 Å². The van der Waals surface area contributed by atoms with E-state index in [-0.39, 0.29) is 0 Å². The molecule has 0 heterocycles. The van der Waals surface area contributed by atoms with Crippen molar-refractivity contribution >= 4 is 0 Å². The first-order valence-corrected chi connectivity index (χ1v) is 7.56. The SMILES string of the molecule is CCC(C)CC(C)CC1(C)CCCCCC1. The molecule has 0 nitrogen and oxygen atoms in total. The van der Waals surface area contributed by atoms with E-state index in [2.05, 4.69) is 27.7 Å². The Labute approximate surface area is 103 Å². The summed E-state index contributed by atoms with van der Waals surface area (Å²) in [5, 5.41) is 0. The lowest BCUT2D eigenvalue weighted by Gasteiger charge is -2.32. The molecule has 0 aliphatic heterocycles. The van der Waals surface area contributed by atoms with Gasteiger partial charge in [0.1, 0.15) is 0 Å². The van der Waals surface area contributed by atoms with Crippen molar-refractivity contribution in [1.29, 1.82) is 0 Å². The van der Waals surface area contributed by atoms with E-state index >= 15 is 0 Å². The molecule has 0 bridgehead atoms. The highest BCUT2D eigenvalue weighted by atomic mass is 14.3. The fraction of sp³-hybridized carbons (Fsp3) is 1.00. The molecule has 96 valence electrons. The topological polar surface area (TPSA) is 0 Å². The van der Waals surface area contributed by atoms with Crippen LogP contribution in [0.25, 0.3) is 0 Å². The summed E-state index contributed by atoms with van der Waals surface area (Å²) in [5.41, 5.74) is 0.670. The van der Waals surface area contributed by atoms with Gasteiger partial charge in [-0.2, -0.15) is 0 Å². The van der Waals surface area contributed by atoms with Crippen LogP contribution in [0.15, 0.2) is 0 Å². The van der Waals surface area contributed by atoms with Crippen LogP contribution >= 0.6 is 0 Å². The van der Waals surface area contributed by atoms with Gasteiger partial charge in [-0.3, -0.25) is 0 Å². The first kappa shape index (κ1) is 14.1. The summed E-state index contributed by atoms with van der Waals surface area (Å²) in [6, 6.07) is 0. The van der Waals surface area contributed by atoms with Gasteiger partial charge < -0.3 is 0 Å². The minimum atomic E-state index is 0.670. The third kappa shape index (κ3) is 4.89. The standard InChI is InChI=1S/C16H32/c1-5-14(2)12-15(3)13-16(4)10-8-6-7-9-11-16/h14-15H,5-13H2,1-4H3. The molecule has 0 radical (unpaired) electrons. The lowest BCUT2D eigenvalue weighted by Crippen LogP contribution is -2.20. The van der Waals surface area contributed by atoms with Crippen molar-refractivity contribution in [3.63, 3.8) is 0 Å². The maximum Gasteiger partial charge on any atom is -0.0323 e. The Balaban J connectivity index is 2.37. The van der Waals surface area contributed by atoms with E-state index in [9.17, 15) is 0 Å². The van der Waals surface area contributed by atoms with Gasteiger partial charge in [-0.05, 0) is 42.9 Å². The summed E-state index contributed by atoms with van der Waals surface area (Å²) >= 11 is 0. The van der Waals surface area contributed by atoms with Crippen LogP contribution in [0, 0.1) is 17.3 Å². The first-order chi connectivity index (χ1) is 7.56. The molecule has 1 aliphatic carbocycles. The number of hydrogen-bond donors (Lipinski definition) is 0. The molecular formula is C16H32. The van der Waals surface area contributed by atoms with Crippen LogP contribution in [0.4, 0.5) is 0 Å². The highest BCUT2D eigenvalue weighted by molar-refractivity contribution is 4.79. The van der Waals surface area contributed by atoms with E-state index in [1.165, 1.54) is 57.8 Å². The molecule has 0 amide bonds. The van der Waals surface area contributed by atoms with Crippen LogP contribution in [0.1, 0.15) is 85.5 Å². The Hall–Kier alpha value is 0. The summed E-state index contributed by atoms with van der Waals surface area (Å²) in [7, 11) is 0. The Kier molecular flexibility index (Phi) is 5.86. The second-order valence-corrected chi connectivity index (χ2v) is 6.78. The molecule has 0 aromatic carbocycles. The Morgan fingerprint density at radius 2 is 1.50 bits per heavy atom. The zero-order valence-corrected chi connectivity index (χ0v) is 12.0. The lowest BCUT2D eigenvalue weighted by atomic mass is 9.74. The third-order valence-corrected chi connectivity index (χ3v) is 4.65. The predicted molar refractivity (Wildman–Crippen MR) is 73.7 cm³/mol. The summed E-state index contributed by atoms with van der Waals surface area (Å²) in [6.07, 6.45) is 13.1. The van der Waals surface area contributed by atoms with E-state index < -0.39 is 0 Å². The quantitative estimate of drug-likeness (QED) is 0.517. The molecule has 0 heteroatoms. The van der Waals surface area contributed by atoms with Crippen LogP contribution in [0.3, 0.4) is 0 Å². The molecule has 1 fully saturated rings. The van der Waals surface area contributed by atoms with Gasteiger partial charge >= 0.3 is 0 Å². The molecule has 1 saturated carbocycles. The molecule has 16 heavy (non-hydrogen) atoms. The summed E-state index contributed by atoms with van der Waals surface area (Å²) in [5.74, 6) is 1.85. The molecule has 1 rings (SSSR count). The average molecular weight is 224 g/mol. The molecule has 0 aromatic heterocycles. The van der Waals surface area contributed by atoms with Crippen molar-refractivity contribution in [2.24, 2.45) is 17.3 Å². The number of hydrogen-bond acceptors (Lipinski definition) is 0. The van der Waals surface area contributed by atoms with E-state index in [1.807, 2.05) is 0 Å². The minimum absolute atomic E-state index is 0.670. The zero-order valence-electron chi connectivity index (χ0n) is 12.0. The summed E-state index contributed by atoms with van der Waals surface area (Å²) in [4.78, 5) is 0. The van der Waals surface area contributed by atoms with E-state index in [1.54, 1.807) is 0 Å². The van der Waals surface area contributed by atoms with Gasteiger partial charge in [0.25, 0.3) is 0 Å². The molecule has 0 aromatic rings. The molecule has 0 N–H and O–H groups in total. The van der Waals surface area contributed by atoms with Gasteiger partial charge in [0.05, 0.1) is 0 Å². The molecule has 2 unspecified atom stereocenters. The van der Waals surface area contributed by atoms with Crippen molar-refractivity contribution < 1.29 is 0 Å². The molecule has 1 aliphatic rings. The third-order valence-electron chi connectivity index (χ3n) is 4.65. The maximum atomic E-state index is 2.55. The summed E-state index contributed by atoms with van der Waals surface area (Å²) < 4.78 is 0. The second-order valence-electron chi connectivity index (χ2n) is 6.78. The fourth-order valence-corrected chi connectivity index (χ4v) is 3.56. The van der Waals surface area contributed by atoms with Crippen molar-refractivity contribution in [3.05, 3.63) is 0 Å².